The van der Waals surface area contributed by atoms with Gasteiger partial charge in [0, 0.05) is 18.5 Å². The van der Waals surface area contributed by atoms with Crippen molar-refractivity contribution < 1.29 is 4.52 Å². The molecule has 1 N–H and O–H groups in total. The van der Waals surface area contributed by atoms with Crippen molar-refractivity contribution in [3.8, 4) is 0 Å². The third-order valence-electron chi connectivity index (χ3n) is 3.35. The summed E-state index contributed by atoms with van der Waals surface area (Å²) in [5.41, 5.74) is 2.88. The Morgan fingerprint density at radius 3 is 3.00 bits per heavy atom. The maximum absolute atomic E-state index is 5.42. The Bertz CT molecular complexity index is 355. The highest BCUT2D eigenvalue weighted by molar-refractivity contribution is 5.27. The molecule has 0 radical (unpaired) electrons. The van der Waals surface area contributed by atoms with E-state index in [0.717, 1.165) is 43.8 Å². The second-order valence-electron chi connectivity index (χ2n) is 5.55. The molecule has 0 aliphatic heterocycles. The van der Waals surface area contributed by atoms with E-state index in [1.807, 2.05) is 0 Å². The van der Waals surface area contributed by atoms with Crippen LogP contribution in [-0.4, -0.2) is 11.7 Å². The molecule has 0 amide bonds. The third kappa shape index (κ3) is 2.46. The Kier molecular flexibility index (Phi) is 3.33. The van der Waals surface area contributed by atoms with Gasteiger partial charge in [-0.2, -0.15) is 0 Å². The summed E-state index contributed by atoms with van der Waals surface area (Å²) >= 11 is 0. The molecule has 3 nitrogen and oxygen atoms in total. The van der Waals surface area contributed by atoms with Crippen molar-refractivity contribution in [2.45, 2.75) is 53.0 Å². The Morgan fingerprint density at radius 1 is 1.44 bits per heavy atom. The molecule has 1 aromatic heterocycles. The Balaban J connectivity index is 2.08. The zero-order valence-corrected chi connectivity index (χ0v) is 10.6. The number of nitrogens with zero attached hydrogens (tertiary/aromatic N) is 1. The van der Waals surface area contributed by atoms with Crippen molar-refractivity contribution in [3.63, 3.8) is 0 Å². The summed E-state index contributed by atoms with van der Waals surface area (Å²) < 4.78 is 5.42. The molecule has 90 valence electrons. The van der Waals surface area contributed by atoms with Gasteiger partial charge in [-0.1, -0.05) is 25.9 Å². The molecule has 1 heterocycles. The van der Waals surface area contributed by atoms with Crippen LogP contribution in [0.15, 0.2) is 4.52 Å². The SMILES string of the molecule is CCCNCc1noc2c1CC(C)(C)CC2. The lowest BCUT2D eigenvalue weighted by Gasteiger charge is -2.28. The predicted molar refractivity (Wildman–Crippen MR) is 64.3 cm³/mol. The lowest BCUT2D eigenvalue weighted by Crippen LogP contribution is -2.23. The molecule has 0 saturated carbocycles. The number of hydrogen-bond acceptors (Lipinski definition) is 3. The second kappa shape index (κ2) is 4.58. The van der Waals surface area contributed by atoms with Crippen LogP contribution in [-0.2, 0) is 19.4 Å². The molecule has 0 atom stereocenters. The molecular weight excluding hydrogens is 200 g/mol. The molecular formula is C13H22N2O. The Labute approximate surface area is 97.6 Å². The van der Waals surface area contributed by atoms with Crippen molar-refractivity contribution in [1.82, 2.24) is 10.5 Å². The van der Waals surface area contributed by atoms with E-state index in [1.54, 1.807) is 0 Å². The monoisotopic (exact) mass is 222 g/mol. The van der Waals surface area contributed by atoms with Crippen molar-refractivity contribution >= 4 is 0 Å². The van der Waals surface area contributed by atoms with Crippen molar-refractivity contribution in [2.75, 3.05) is 6.54 Å². The van der Waals surface area contributed by atoms with Crippen LogP contribution in [0.3, 0.4) is 0 Å². The molecule has 2 rings (SSSR count). The van der Waals surface area contributed by atoms with Gasteiger partial charge in [0.1, 0.15) is 11.5 Å². The van der Waals surface area contributed by atoms with E-state index in [1.165, 1.54) is 12.0 Å². The molecule has 16 heavy (non-hydrogen) atoms. The lowest BCUT2D eigenvalue weighted by molar-refractivity contribution is 0.282. The highest BCUT2D eigenvalue weighted by atomic mass is 16.5. The van der Waals surface area contributed by atoms with Gasteiger partial charge in [-0.3, -0.25) is 0 Å². The highest BCUT2D eigenvalue weighted by Crippen LogP contribution is 2.36. The zero-order chi connectivity index (χ0) is 11.6. The van der Waals surface area contributed by atoms with Crippen LogP contribution in [0.2, 0.25) is 0 Å². The zero-order valence-electron chi connectivity index (χ0n) is 10.6. The minimum Gasteiger partial charge on any atom is -0.361 e. The molecule has 0 bridgehead atoms. The number of aromatic nitrogens is 1. The van der Waals surface area contributed by atoms with Gasteiger partial charge in [-0.25, -0.2) is 0 Å². The third-order valence-corrected chi connectivity index (χ3v) is 3.35. The second-order valence-corrected chi connectivity index (χ2v) is 5.55. The predicted octanol–water partition coefficient (Wildman–Crippen LogP) is 2.69. The van der Waals surface area contributed by atoms with Gasteiger partial charge in [-0.05, 0) is 31.2 Å². The first kappa shape index (κ1) is 11.6. The van der Waals surface area contributed by atoms with Gasteiger partial charge in [0.2, 0.25) is 0 Å². The topological polar surface area (TPSA) is 38.1 Å². The lowest BCUT2D eigenvalue weighted by atomic mass is 9.76. The Hall–Kier alpha value is -0.830. The molecule has 0 fully saturated rings. The van der Waals surface area contributed by atoms with Crippen LogP contribution in [0.4, 0.5) is 0 Å². The van der Waals surface area contributed by atoms with E-state index in [4.69, 9.17) is 4.52 Å². The minimum atomic E-state index is 0.401. The number of nitrogens with one attached hydrogen (secondary N) is 1. The number of hydrogen-bond donors (Lipinski definition) is 1. The summed E-state index contributed by atoms with van der Waals surface area (Å²) in [6.07, 6.45) is 4.51. The van der Waals surface area contributed by atoms with E-state index >= 15 is 0 Å². The molecule has 0 aromatic carbocycles. The van der Waals surface area contributed by atoms with Gasteiger partial charge < -0.3 is 9.84 Å². The summed E-state index contributed by atoms with van der Waals surface area (Å²) in [5.74, 6) is 1.12. The van der Waals surface area contributed by atoms with Gasteiger partial charge in [0.15, 0.2) is 0 Å². The fraction of sp³-hybridized carbons (Fsp3) is 0.769. The molecule has 1 aliphatic carbocycles. The molecule has 0 unspecified atom stereocenters. The largest absolute Gasteiger partial charge is 0.361 e. The maximum Gasteiger partial charge on any atom is 0.140 e. The first-order valence-corrected chi connectivity index (χ1v) is 6.29. The smallest absolute Gasteiger partial charge is 0.140 e. The van der Waals surface area contributed by atoms with Crippen LogP contribution in [0.1, 0.15) is 50.6 Å². The summed E-state index contributed by atoms with van der Waals surface area (Å²) in [5, 5.41) is 7.59. The number of fused-ring (bicyclic) bond motifs is 1. The van der Waals surface area contributed by atoms with Crippen LogP contribution in [0, 0.1) is 5.41 Å². The van der Waals surface area contributed by atoms with Crippen LogP contribution >= 0.6 is 0 Å². The van der Waals surface area contributed by atoms with Gasteiger partial charge in [-0.15, -0.1) is 0 Å². The van der Waals surface area contributed by atoms with Crippen LogP contribution in [0.25, 0.3) is 0 Å². The van der Waals surface area contributed by atoms with E-state index in [0.29, 0.717) is 5.41 Å². The van der Waals surface area contributed by atoms with Crippen molar-refractivity contribution in [1.29, 1.82) is 0 Å². The van der Waals surface area contributed by atoms with E-state index in [9.17, 15) is 0 Å². The fourth-order valence-electron chi connectivity index (χ4n) is 2.32. The van der Waals surface area contributed by atoms with E-state index < -0.39 is 0 Å². The maximum atomic E-state index is 5.42. The highest BCUT2D eigenvalue weighted by Gasteiger charge is 2.30. The van der Waals surface area contributed by atoms with Crippen LogP contribution in [0.5, 0.6) is 0 Å². The Morgan fingerprint density at radius 2 is 2.25 bits per heavy atom. The average Bonchev–Trinajstić information content (AvgIpc) is 2.60. The minimum absolute atomic E-state index is 0.401. The number of aryl methyl sites for hydroxylation is 1. The first-order chi connectivity index (χ1) is 7.62. The molecule has 3 heteroatoms. The summed E-state index contributed by atoms with van der Waals surface area (Å²) in [6, 6.07) is 0. The molecule has 1 aliphatic rings. The van der Waals surface area contributed by atoms with E-state index in [-0.39, 0.29) is 0 Å². The van der Waals surface area contributed by atoms with E-state index in [2.05, 4.69) is 31.2 Å². The van der Waals surface area contributed by atoms with Crippen LogP contribution < -0.4 is 5.32 Å². The average molecular weight is 222 g/mol. The van der Waals surface area contributed by atoms with Crippen molar-refractivity contribution in [2.24, 2.45) is 5.41 Å². The van der Waals surface area contributed by atoms with Gasteiger partial charge in [0.25, 0.3) is 0 Å². The molecule has 0 saturated heterocycles. The van der Waals surface area contributed by atoms with Gasteiger partial charge >= 0.3 is 0 Å². The molecule has 1 aromatic rings. The summed E-state index contributed by atoms with van der Waals surface area (Å²) in [4.78, 5) is 0. The van der Waals surface area contributed by atoms with Gasteiger partial charge in [0.05, 0.1) is 0 Å². The quantitative estimate of drug-likeness (QED) is 0.796. The first-order valence-electron chi connectivity index (χ1n) is 6.29. The molecule has 0 spiro atoms. The number of rotatable bonds is 4. The standard InChI is InChI=1S/C13H22N2O/c1-4-7-14-9-11-10-8-13(2,3)6-5-12(10)16-15-11/h14H,4-9H2,1-3H3. The summed E-state index contributed by atoms with van der Waals surface area (Å²) in [7, 11) is 0. The van der Waals surface area contributed by atoms with Crippen molar-refractivity contribution in [3.05, 3.63) is 17.0 Å². The fourth-order valence-corrected chi connectivity index (χ4v) is 2.32. The normalized spacial score (nSPS) is 18.4. The summed E-state index contributed by atoms with van der Waals surface area (Å²) in [6.45, 7) is 8.72.